The summed E-state index contributed by atoms with van der Waals surface area (Å²) < 4.78 is 5.92. The minimum absolute atomic E-state index is 0.0892. The van der Waals surface area contributed by atoms with E-state index >= 15 is 0 Å². The van der Waals surface area contributed by atoms with E-state index in [9.17, 15) is 0 Å². The van der Waals surface area contributed by atoms with E-state index in [0.29, 0.717) is 18.6 Å². The molecule has 1 N–H and O–H groups in total. The van der Waals surface area contributed by atoms with Crippen molar-refractivity contribution in [2.24, 2.45) is 5.92 Å². The van der Waals surface area contributed by atoms with Gasteiger partial charge in [-0.3, -0.25) is 4.90 Å². The van der Waals surface area contributed by atoms with Crippen LogP contribution in [0.4, 0.5) is 0 Å². The summed E-state index contributed by atoms with van der Waals surface area (Å²) in [4.78, 5) is 2.38. The van der Waals surface area contributed by atoms with E-state index in [-0.39, 0.29) is 5.60 Å². The molecular weight excluding hydrogens is 178 g/mol. The molecular formula is C11H21NO2. The highest BCUT2D eigenvalue weighted by atomic mass is 16.5. The molecule has 0 bridgehead atoms. The first-order valence-corrected chi connectivity index (χ1v) is 5.60. The third kappa shape index (κ3) is 2.27. The van der Waals surface area contributed by atoms with E-state index in [1.54, 1.807) is 0 Å². The lowest BCUT2D eigenvalue weighted by Gasteiger charge is -2.39. The standard InChI is InChI=1S/C11H21NO2/c1-11(2)4-3-10(14-11)7-12-5-9(6-12)8-13/h9-10,13H,3-8H2,1-2H3. The Morgan fingerprint density at radius 3 is 2.64 bits per heavy atom. The van der Waals surface area contributed by atoms with Gasteiger partial charge in [-0.25, -0.2) is 0 Å². The van der Waals surface area contributed by atoms with E-state index in [1.165, 1.54) is 12.8 Å². The highest BCUT2D eigenvalue weighted by Gasteiger charge is 2.35. The van der Waals surface area contributed by atoms with Gasteiger partial charge in [0.1, 0.15) is 0 Å². The van der Waals surface area contributed by atoms with Gasteiger partial charge in [0.2, 0.25) is 0 Å². The molecule has 2 aliphatic rings. The maximum atomic E-state index is 8.89. The molecule has 2 rings (SSSR count). The van der Waals surface area contributed by atoms with E-state index in [0.717, 1.165) is 19.6 Å². The fourth-order valence-corrected chi connectivity index (χ4v) is 2.44. The highest BCUT2D eigenvalue weighted by Crippen LogP contribution is 2.30. The predicted molar refractivity (Wildman–Crippen MR) is 55.2 cm³/mol. The molecule has 2 fully saturated rings. The van der Waals surface area contributed by atoms with Crippen molar-refractivity contribution < 1.29 is 9.84 Å². The van der Waals surface area contributed by atoms with Gasteiger partial charge < -0.3 is 9.84 Å². The maximum absolute atomic E-state index is 8.89. The number of aliphatic hydroxyl groups excluding tert-OH is 1. The summed E-state index contributed by atoms with van der Waals surface area (Å²) in [5, 5.41) is 8.89. The summed E-state index contributed by atoms with van der Waals surface area (Å²) in [6, 6.07) is 0. The Hall–Kier alpha value is -0.120. The van der Waals surface area contributed by atoms with Crippen LogP contribution in [-0.4, -0.2) is 48.0 Å². The molecule has 0 aliphatic carbocycles. The molecule has 2 aliphatic heterocycles. The summed E-state index contributed by atoms with van der Waals surface area (Å²) in [6.07, 6.45) is 2.78. The van der Waals surface area contributed by atoms with Crippen LogP contribution in [0.2, 0.25) is 0 Å². The normalized spacial score (nSPS) is 33.2. The maximum Gasteiger partial charge on any atom is 0.0710 e. The molecule has 0 aromatic carbocycles. The molecule has 0 spiro atoms. The van der Waals surface area contributed by atoms with Gasteiger partial charge in [0.05, 0.1) is 11.7 Å². The Morgan fingerprint density at radius 2 is 2.14 bits per heavy atom. The fraction of sp³-hybridized carbons (Fsp3) is 1.00. The first kappa shape index (κ1) is 10.4. The Kier molecular flexibility index (Phi) is 2.82. The zero-order valence-electron chi connectivity index (χ0n) is 9.20. The number of rotatable bonds is 3. The van der Waals surface area contributed by atoms with Crippen molar-refractivity contribution in [1.82, 2.24) is 4.90 Å². The lowest BCUT2D eigenvalue weighted by atomic mass is 10.00. The first-order valence-electron chi connectivity index (χ1n) is 5.60. The van der Waals surface area contributed by atoms with Gasteiger partial charge in [-0.1, -0.05) is 0 Å². The van der Waals surface area contributed by atoms with Crippen molar-refractivity contribution in [3.63, 3.8) is 0 Å². The molecule has 3 heteroatoms. The number of likely N-dealkylation sites (tertiary alicyclic amines) is 1. The van der Waals surface area contributed by atoms with Crippen LogP contribution in [0.25, 0.3) is 0 Å². The van der Waals surface area contributed by atoms with Crippen LogP contribution in [0, 0.1) is 5.92 Å². The second-order valence-corrected chi connectivity index (χ2v) is 5.31. The zero-order valence-corrected chi connectivity index (χ0v) is 9.20. The summed E-state index contributed by atoms with van der Waals surface area (Å²) in [5.41, 5.74) is 0.0892. The lowest BCUT2D eigenvalue weighted by molar-refractivity contribution is -0.0490. The summed E-state index contributed by atoms with van der Waals surface area (Å²) >= 11 is 0. The fourth-order valence-electron chi connectivity index (χ4n) is 2.44. The smallest absolute Gasteiger partial charge is 0.0710 e. The van der Waals surface area contributed by atoms with Gasteiger partial charge in [-0.2, -0.15) is 0 Å². The third-order valence-corrected chi connectivity index (χ3v) is 3.31. The molecule has 0 aromatic rings. The van der Waals surface area contributed by atoms with E-state index in [4.69, 9.17) is 9.84 Å². The quantitative estimate of drug-likeness (QED) is 0.732. The number of hydrogen-bond donors (Lipinski definition) is 1. The van der Waals surface area contributed by atoms with Crippen LogP contribution in [-0.2, 0) is 4.74 Å². The molecule has 0 amide bonds. The SMILES string of the molecule is CC1(C)CCC(CN2CC(CO)C2)O1. The summed E-state index contributed by atoms with van der Waals surface area (Å²) in [6.45, 7) is 7.83. The zero-order chi connectivity index (χ0) is 10.2. The molecule has 14 heavy (non-hydrogen) atoms. The predicted octanol–water partition coefficient (Wildman–Crippen LogP) is 0.868. The molecule has 0 aromatic heterocycles. The molecule has 1 unspecified atom stereocenters. The van der Waals surface area contributed by atoms with Crippen LogP contribution in [0.1, 0.15) is 26.7 Å². The van der Waals surface area contributed by atoms with Gasteiger partial charge in [0, 0.05) is 32.2 Å². The average molecular weight is 199 g/mol. The van der Waals surface area contributed by atoms with Crippen LogP contribution in [0.15, 0.2) is 0 Å². The Labute approximate surface area is 86.0 Å². The number of ether oxygens (including phenoxy) is 1. The Balaban J connectivity index is 1.68. The Bertz CT molecular complexity index is 199. The first-order chi connectivity index (χ1) is 6.59. The molecule has 2 heterocycles. The second kappa shape index (κ2) is 3.80. The number of hydrogen-bond acceptors (Lipinski definition) is 3. The van der Waals surface area contributed by atoms with E-state index in [1.807, 2.05) is 0 Å². The van der Waals surface area contributed by atoms with Crippen LogP contribution in [0.5, 0.6) is 0 Å². The van der Waals surface area contributed by atoms with Gasteiger partial charge in [-0.15, -0.1) is 0 Å². The van der Waals surface area contributed by atoms with Crippen LogP contribution >= 0.6 is 0 Å². The third-order valence-electron chi connectivity index (χ3n) is 3.31. The molecule has 2 saturated heterocycles. The van der Waals surface area contributed by atoms with E-state index in [2.05, 4.69) is 18.7 Å². The topological polar surface area (TPSA) is 32.7 Å². The number of nitrogens with zero attached hydrogens (tertiary/aromatic N) is 1. The summed E-state index contributed by atoms with van der Waals surface area (Å²) in [7, 11) is 0. The second-order valence-electron chi connectivity index (χ2n) is 5.31. The minimum Gasteiger partial charge on any atom is -0.396 e. The average Bonchev–Trinajstić information content (AvgIpc) is 2.37. The van der Waals surface area contributed by atoms with Crippen LogP contribution in [0.3, 0.4) is 0 Å². The van der Waals surface area contributed by atoms with Gasteiger partial charge in [0.15, 0.2) is 0 Å². The number of aliphatic hydroxyl groups is 1. The van der Waals surface area contributed by atoms with Crippen molar-refractivity contribution in [3.8, 4) is 0 Å². The van der Waals surface area contributed by atoms with Gasteiger partial charge in [0.25, 0.3) is 0 Å². The Morgan fingerprint density at radius 1 is 1.43 bits per heavy atom. The molecule has 1 atom stereocenters. The largest absolute Gasteiger partial charge is 0.396 e. The van der Waals surface area contributed by atoms with Crippen molar-refractivity contribution in [2.75, 3.05) is 26.2 Å². The van der Waals surface area contributed by atoms with Gasteiger partial charge >= 0.3 is 0 Å². The monoisotopic (exact) mass is 199 g/mol. The van der Waals surface area contributed by atoms with Crippen molar-refractivity contribution in [2.45, 2.75) is 38.4 Å². The molecule has 0 saturated carbocycles. The highest BCUT2D eigenvalue weighted by molar-refractivity contribution is 4.86. The van der Waals surface area contributed by atoms with E-state index < -0.39 is 0 Å². The molecule has 3 nitrogen and oxygen atoms in total. The van der Waals surface area contributed by atoms with Crippen molar-refractivity contribution in [3.05, 3.63) is 0 Å². The van der Waals surface area contributed by atoms with Crippen molar-refractivity contribution >= 4 is 0 Å². The van der Waals surface area contributed by atoms with Crippen LogP contribution < -0.4 is 0 Å². The van der Waals surface area contributed by atoms with Gasteiger partial charge in [-0.05, 0) is 26.7 Å². The summed E-state index contributed by atoms with van der Waals surface area (Å²) in [5.74, 6) is 0.518. The molecule has 0 radical (unpaired) electrons. The molecule has 82 valence electrons. The lowest BCUT2D eigenvalue weighted by Crippen LogP contribution is -2.51. The van der Waals surface area contributed by atoms with Crippen molar-refractivity contribution in [1.29, 1.82) is 0 Å². The minimum atomic E-state index is 0.0892.